The number of likely N-dealkylation sites (tertiary alicyclic amines) is 1. The lowest BCUT2D eigenvalue weighted by Crippen LogP contribution is -2.51. The Bertz CT molecular complexity index is 1460. The number of aromatic nitrogens is 2. The van der Waals surface area contributed by atoms with Gasteiger partial charge in [0.15, 0.2) is 0 Å². The average molecular weight is 530 g/mol. The van der Waals surface area contributed by atoms with Gasteiger partial charge in [0.2, 0.25) is 0 Å². The van der Waals surface area contributed by atoms with Crippen LogP contribution in [0.3, 0.4) is 0 Å². The quantitative estimate of drug-likeness (QED) is 0.452. The van der Waals surface area contributed by atoms with Gasteiger partial charge in [-0.1, -0.05) is 35.4 Å². The first-order valence-electron chi connectivity index (χ1n) is 12.1. The molecule has 2 heterocycles. The normalized spacial score (nSPS) is 22.7. The molecule has 0 bridgehead atoms. The van der Waals surface area contributed by atoms with Crippen molar-refractivity contribution >= 4 is 20.1 Å². The summed E-state index contributed by atoms with van der Waals surface area (Å²) in [6, 6.07) is 13.7. The molecular formula is C26H31N3O5S2. The van der Waals surface area contributed by atoms with Crippen molar-refractivity contribution in [2.24, 2.45) is 11.8 Å². The van der Waals surface area contributed by atoms with Gasteiger partial charge in [0.1, 0.15) is 0 Å². The Morgan fingerprint density at radius 2 is 1.53 bits per heavy atom. The summed E-state index contributed by atoms with van der Waals surface area (Å²) in [5.41, 5.74) is 3.73. The molecule has 0 N–H and O–H groups in total. The summed E-state index contributed by atoms with van der Waals surface area (Å²) >= 11 is 0. The molecule has 1 aliphatic carbocycles. The number of benzene rings is 2. The largest absolute Gasteiger partial charge is 0.302 e. The van der Waals surface area contributed by atoms with Gasteiger partial charge < -0.3 is 4.90 Å². The van der Waals surface area contributed by atoms with Crippen LogP contribution in [0.4, 0.5) is 0 Å². The molecule has 2 aromatic carbocycles. The molecule has 1 unspecified atom stereocenters. The fourth-order valence-electron chi connectivity index (χ4n) is 5.36. The second-order valence-corrected chi connectivity index (χ2v) is 13.5. The van der Waals surface area contributed by atoms with E-state index in [0.29, 0.717) is 6.42 Å². The molecule has 8 nitrogen and oxygen atoms in total. The SMILES string of the molecule is Cc1ccc(S(=O)(=O)OC[C@@H]2C[C@@H]3Cc4nn(S(=O)(=O)c5ccc(C)cc5)cc4CC3N(C)C2)cc1. The minimum Gasteiger partial charge on any atom is -0.302 e. The van der Waals surface area contributed by atoms with Crippen molar-refractivity contribution in [2.75, 3.05) is 20.2 Å². The molecule has 0 amide bonds. The van der Waals surface area contributed by atoms with E-state index in [4.69, 9.17) is 4.18 Å². The van der Waals surface area contributed by atoms with Crippen LogP contribution < -0.4 is 0 Å². The minimum atomic E-state index is -3.81. The van der Waals surface area contributed by atoms with E-state index in [-0.39, 0.29) is 34.3 Å². The summed E-state index contributed by atoms with van der Waals surface area (Å²) in [6.45, 7) is 4.65. The highest BCUT2D eigenvalue weighted by Gasteiger charge is 2.40. The topological polar surface area (TPSA) is 98.6 Å². The molecule has 1 aliphatic heterocycles. The Morgan fingerprint density at radius 1 is 0.917 bits per heavy atom. The zero-order chi connectivity index (χ0) is 25.7. The Labute approximate surface area is 213 Å². The molecule has 10 heteroatoms. The minimum absolute atomic E-state index is 0.0522. The Balaban J connectivity index is 1.29. The van der Waals surface area contributed by atoms with Gasteiger partial charge in [-0.25, -0.2) is 0 Å². The van der Waals surface area contributed by atoms with E-state index in [2.05, 4.69) is 10.00 Å². The monoisotopic (exact) mass is 529 g/mol. The van der Waals surface area contributed by atoms with Crippen LogP contribution in [-0.2, 0) is 37.2 Å². The summed E-state index contributed by atoms with van der Waals surface area (Å²) < 4.78 is 58.1. The van der Waals surface area contributed by atoms with Crippen molar-refractivity contribution in [2.45, 2.75) is 48.9 Å². The standard InChI is InChI=1S/C26H31N3O5S2/c1-18-4-8-23(9-5-18)35(30,31)29-16-22-14-26-21(13-25(22)27-29)12-20(15-28(26)3)17-34-36(32,33)24-10-6-19(2)7-11-24/h4-11,16,20-21,26H,12-15,17H2,1-3H3/t20-,21-,26?/m1/s1. The molecule has 5 rings (SSSR count). The van der Waals surface area contributed by atoms with E-state index in [1.807, 2.05) is 20.9 Å². The van der Waals surface area contributed by atoms with Gasteiger partial charge in [-0.2, -0.15) is 26.0 Å². The third-order valence-corrected chi connectivity index (χ3v) is 10.2. The third-order valence-electron chi connectivity index (χ3n) is 7.37. The second kappa shape index (κ2) is 9.41. The van der Waals surface area contributed by atoms with E-state index < -0.39 is 20.1 Å². The highest BCUT2D eigenvalue weighted by atomic mass is 32.2. The van der Waals surface area contributed by atoms with Crippen LogP contribution in [0.5, 0.6) is 0 Å². The lowest BCUT2D eigenvalue weighted by Gasteiger charge is -2.44. The number of likely N-dealkylation sites (N-methyl/N-ethyl adjacent to an activating group) is 1. The maximum Gasteiger partial charge on any atom is 0.296 e. The second-order valence-electron chi connectivity index (χ2n) is 10.1. The molecule has 0 spiro atoms. The van der Waals surface area contributed by atoms with Crippen LogP contribution in [0.25, 0.3) is 0 Å². The van der Waals surface area contributed by atoms with Gasteiger partial charge in [0.05, 0.1) is 22.1 Å². The summed E-state index contributed by atoms with van der Waals surface area (Å²) in [5, 5.41) is 4.48. The molecule has 3 atom stereocenters. The molecule has 3 aromatic rings. The lowest BCUT2D eigenvalue weighted by atomic mass is 9.75. The first-order valence-corrected chi connectivity index (χ1v) is 14.9. The fourth-order valence-corrected chi connectivity index (χ4v) is 7.51. The molecule has 36 heavy (non-hydrogen) atoms. The summed E-state index contributed by atoms with van der Waals surface area (Å²) in [7, 11) is -5.53. The molecule has 2 aliphatic rings. The number of rotatable bonds is 6. The van der Waals surface area contributed by atoms with E-state index >= 15 is 0 Å². The van der Waals surface area contributed by atoms with Crippen LogP contribution in [0.15, 0.2) is 64.5 Å². The first-order chi connectivity index (χ1) is 17.0. The molecular weight excluding hydrogens is 498 g/mol. The van der Waals surface area contributed by atoms with Gasteiger partial charge in [-0.05, 0) is 81.8 Å². The summed E-state index contributed by atoms with van der Waals surface area (Å²) in [5.74, 6) is 0.300. The van der Waals surface area contributed by atoms with E-state index in [9.17, 15) is 16.8 Å². The number of fused-ring (bicyclic) bond motifs is 2. The smallest absolute Gasteiger partial charge is 0.296 e. The van der Waals surface area contributed by atoms with Crippen LogP contribution in [0.1, 0.15) is 28.8 Å². The van der Waals surface area contributed by atoms with Crippen molar-refractivity contribution in [3.8, 4) is 0 Å². The number of hydrogen-bond donors (Lipinski definition) is 0. The van der Waals surface area contributed by atoms with E-state index in [0.717, 1.165) is 45.9 Å². The maximum absolute atomic E-state index is 13.1. The van der Waals surface area contributed by atoms with Crippen LogP contribution in [-0.4, -0.2) is 57.2 Å². The molecule has 0 radical (unpaired) electrons. The molecule has 1 aromatic heterocycles. The Kier molecular flexibility index (Phi) is 6.57. The van der Waals surface area contributed by atoms with Crippen molar-refractivity contribution in [3.63, 3.8) is 0 Å². The van der Waals surface area contributed by atoms with Crippen LogP contribution in [0.2, 0.25) is 0 Å². The number of hydrogen-bond acceptors (Lipinski definition) is 7. The highest BCUT2D eigenvalue weighted by Crippen LogP contribution is 2.37. The zero-order valence-corrected chi connectivity index (χ0v) is 22.3. The fraction of sp³-hybridized carbons (Fsp3) is 0.423. The Morgan fingerprint density at radius 3 is 2.17 bits per heavy atom. The molecule has 192 valence electrons. The lowest BCUT2D eigenvalue weighted by molar-refractivity contribution is 0.0514. The van der Waals surface area contributed by atoms with E-state index in [1.54, 1.807) is 54.7 Å². The average Bonchev–Trinajstić information content (AvgIpc) is 3.26. The molecule has 1 fully saturated rings. The molecule has 1 saturated heterocycles. The maximum atomic E-state index is 13.1. The van der Waals surface area contributed by atoms with Gasteiger partial charge in [-0.3, -0.25) is 4.18 Å². The van der Waals surface area contributed by atoms with Crippen molar-refractivity contribution in [3.05, 3.63) is 77.1 Å². The first kappa shape index (κ1) is 25.1. The van der Waals surface area contributed by atoms with Crippen LogP contribution >= 0.6 is 0 Å². The summed E-state index contributed by atoms with van der Waals surface area (Å²) in [6.07, 6.45) is 3.82. The van der Waals surface area contributed by atoms with Gasteiger partial charge in [-0.15, -0.1) is 0 Å². The number of piperidine rings is 1. The Hall–Kier alpha value is -2.53. The van der Waals surface area contributed by atoms with Crippen LogP contribution in [0, 0.1) is 25.7 Å². The van der Waals surface area contributed by atoms with Crippen molar-refractivity contribution < 1.29 is 21.0 Å². The van der Waals surface area contributed by atoms with Gasteiger partial charge >= 0.3 is 0 Å². The molecule has 0 saturated carbocycles. The van der Waals surface area contributed by atoms with Crippen molar-refractivity contribution in [1.82, 2.24) is 14.1 Å². The third kappa shape index (κ3) is 4.87. The number of nitrogens with zero attached hydrogens (tertiary/aromatic N) is 3. The predicted molar refractivity (Wildman–Crippen MR) is 136 cm³/mol. The number of aryl methyl sites for hydroxylation is 2. The van der Waals surface area contributed by atoms with E-state index in [1.165, 1.54) is 0 Å². The predicted octanol–water partition coefficient (Wildman–Crippen LogP) is 3.18. The highest BCUT2D eigenvalue weighted by molar-refractivity contribution is 7.89. The summed E-state index contributed by atoms with van der Waals surface area (Å²) in [4.78, 5) is 2.63. The van der Waals surface area contributed by atoms with Crippen molar-refractivity contribution in [1.29, 1.82) is 0 Å². The van der Waals surface area contributed by atoms with Gasteiger partial charge in [0, 0.05) is 18.8 Å². The van der Waals surface area contributed by atoms with Gasteiger partial charge in [0.25, 0.3) is 20.1 Å². The zero-order valence-electron chi connectivity index (χ0n) is 20.7.